The summed E-state index contributed by atoms with van der Waals surface area (Å²) in [7, 11) is -2.48. The predicted molar refractivity (Wildman–Crippen MR) is 94.0 cm³/mol. The summed E-state index contributed by atoms with van der Waals surface area (Å²) in [6.45, 7) is 13.2. The van der Waals surface area contributed by atoms with E-state index in [1.165, 1.54) is 7.05 Å². The molecule has 5 heteroatoms. The molecule has 0 saturated carbocycles. The smallest absolute Gasteiger partial charge is 0.266 e. The number of hydrogen-bond donors (Lipinski definition) is 0. The maximum absolute atomic E-state index is 13.0. The summed E-state index contributed by atoms with van der Waals surface area (Å²) in [4.78, 5) is 12.8. The maximum atomic E-state index is 13.0. The second-order valence-electron chi connectivity index (χ2n) is 6.57. The molecular formula is C18H29NO3S. The van der Waals surface area contributed by atoms with Crippen LogP contribution in [0.5, 0.6) is 0 Å². The van der Waals surface area contributed by atoms with Gasteiger partial charge in [0, 0.05) is 13.0 Å². The summed E-state index contributed by atoms with van der Waals surface area (Å²) in [6.07, 6.45) is 0.836. The van der Waals surface area contributed by atoms with Gasteiger partial charge in [-0.3, -0.25) is 4.79 Å². The zero-order chi connectivity index (χ0) is 18.1. The van der Waals surface area contributed by atoms with Crippen LogP contribution >= 0.6 is 0 Å². The second-order valence-corrected chi connectivity index (χ2v) is 8.48. The molecule has 0 aliphatic rings. The van der Waals surface area contributed by atoms with Gasteiger partial charge in [-0.15, -0.1) is 0 Å². The quantitative estimate of drug-likeness (QED) is 0.821. The molecule has 0 fully saturated rings. The average Bonchev–Trinajstić information content (AvgIpc) is 2.49. The third-order valence-corrected chi connectivity index (χ3v) is 7.15. The zero-order valence-electron chi connectivity index (χ0n) is 15.5. The van der Waals surface area contributed by atoms with E-state index in [-0.39, 0.29) is 22.6 Å². The minimum atomic E-state index is -3.84. The van der Waals surface area contributed by atoms with Crippen LogP contribution in [0.25, 0.3) is 0 Å². The highest BCUT2D eigenvalue weighted by molar-refractivity contribution is 7.89. The molecule has 0 heterocycles. The van der Waals surface area contributed by atoms with E-state index < -0.39 is 10.0 Å². The van der Waals surface area contributed by atoms with Gasteiger partial charge in [0.15, 0.2) is 0 Å². The Morgan fingerprint density at radius 3 is 2.09 bits per heavy atom. The van der Waals surface area contributed by atoms with E-state index in [2.05, 4.69) is 0 Å². The number of carbonyl (C=O) groups excluding carboxylic acids is 1. The van der Waals surface area contributed by atoms with Crippen molar-refractivity contribution in [1.29, 1.82) is 0 Å². The van der Waals surface area contributed by atoms with Gasteiger partial charge in [-0.2, -0.15) is 0 Å². The SMILES string of the molecule is CCC(C)C(C)C(=O)N(C)S(=O)(=O)c1c(C)cc(C)c(C)c1C. The molecule has 2 unspecified atom stereocenters. The van der Waals surface area contributed by atoms with Gasteiger partial charge >= 0.3 is 0 Å². The minimum Gasteiger partial charge on any atom is -0.273 e. The van der Waals surface area contributed by atoms with Crippen molar-refractivity contribution in [2.24, 2.45) is 11.8 Å². The van der Waals surface area contributed by atoms with Crippen LogP contribution in [0.1, 0.15) is 49.4 Å². The Morgan fingerprint density at radius 2 is 1.61 bits per heavy atom. The first-order valence-electron chi connectivity index (χ1n) is 8.06. The molecule has 1 amide bonds. The fourth-order valence-electron chi connectivity index (χ4n) is 2.80. The highest BCUT2D eigenvalue weighted by atomic mass is 32.2. The number of sulfonamides is 1. The van der Waals surface area contributed by atoms with E-state index in [1.807, 2.05) is 33.8 Å². The van der Waals surface area contributed by atoms with Crippen molar-refractivity contribution < 1.29 is 13.2 Å². The van der Waals surface area contributed by atoms with E-state index in [0.29, 0.717) is 5.56 Å². The fourth-order valence-corrected chi connectivity index (χ4v) is 4.48. The molecule has 0 radical (unpaired) electrons. The third kappa shape index (κ3) is 3.60. The zero-order valence-corrected chi connectivity index (χ0v) is 16.3. The summed E-state index contributed by atoms with van der Waals surface area (Å²) < 4.78 is 26.9. The Morgan fingerprint density at radius 1 is 1.09 bits per heavy atom. The van der Waals surface area contributed by atoms with E-state index in [1.54, 1.807) is 20.8 Å². The second kappa shape index (κ2) is 7.04. The lowest BCUT2D eigenvalue weighted by Gasteiger charge is -2.26. The van der Waals surface area contributed by atoms with Crippen LogP contribution in [-0.2, 0) is 14.8 Å². The molecule has 0 N–H and O–H groups in total. The summed E-state index contributed by atoms with van der Waals surface area (Å²) in [5.41, 5.74) is 3.41. The van der Waals surface area contributed by atoms with Gasteiger partial charge in [0.05, 0.1) is 4.90 Å². The van der Waals surface area contributed by atoms with Crippen molar-refractivity contribution >= 4 is 15.9 Å². The molecular weight excluding hydrogens is 310 g/mol. The molecule has 0 bridgehead atoms. The molecule has 1 aromatic carbocycles. The van der Waals surface area contributed by atoms with Gasteiger partial charge in [-0.1, -0.05) is 33.3 Å². The molecule has 1 aromatic rings. The lowest BCUT2D eigenvalue weighted by atomic mass is 9.93. The van der Waals surface area contributed by atoms with Crippen LogP contribution in [0.4, 0.5) is 0 Å². The predicted octanol–water partition coefficient (Wildman–Crippen LogP) is 3.75. The van der Waals surface area contributed by atoms with Gasteiger partial charge in [0.2, 0.25) is 5.91 Å². The molecule has 2 atom stereocenters. The number of amides is 1. The van der Waals surface area contributed by atoms with Gasteiger partial charge in [-0.25, -0.2) is 12.7 Å². The summed E-state index contributed by atoms with van der Waals surface area (Å²) in [5.74, 6) is -0.537. The van der Waals surface area contributed by atoms with Gasteiger partial charge in [0.25, 0.3) is 10.0 Å². The third-order valence-electron chi connectivity index (χ3n) is 5.10. The van der Waals surface area contributed by atoms with Gasteiger partial charge in [0.1, 0.15) is 0 Å². The number of benzene rings is 1. The summed E-state index contributed by atoms with van der Waals surface area (Å²) >= 11 is 0. The van der Waals surface area contributed by atoms with Crippen LogP contribution in [0.2, 0.25) is 0 Å². The Labute approximate surface area is 140 Å². The van der Waals surface area contributed by atoms with Crippen LogP contribution in [0.3, 0.4) is 0 Å². The molecule has 0 saturated heterocycles. The topological polar surface area (TPSA) is 54.5 Å². The summed E-state index contributed by atoms with van der Waals surface area (Å²) in [5, 5.41) is 0. The highest BCUT2D eigenvalue weighted by Gasteiger charge is 2.33. The van der Waals surface area contributed by atoms with Crippen molar-refractivity contribution in [2.75, 3.05) is 7.05 Å². The number of aryl methyl sites for hydroxylation is 2. The first-order chi connectivity index (χ1) is 10.5. The van der Waals surface area contributed by atoms with Crippen LogP contribution in [0.15, 0.2) is 11.0 Å². The Kier molecular flexibility index (Phi) is 6.02. The first-order valence-corrected chi connectivity index (χ1v) is 9.50. The Balaban J connectivity index is 3.38. The van der Waals surface area contributed by atoms with Crippen LogP contribution < -0.4 is 0 Å². The number of hydrogen-bond acceptors (Lipinski definition) is 3. The lowest BCUT2D eigenvalue weighted by molar-refractivity contribution is -0.130. The minimum absolute atomic E-state index is 0.141. The molecule has 0 aliphatic heterocycles. The average molecular weight is 340 g/mol. The monoisotopic (exact) mass is 339 g/mol. The number of nitrogens with zero attached hydrogens (tertiary/aromatic N) is 1. The first kappa shape index (κ1) is 19.7. The Bertz CT molecular complexity index is 707. The van der Waals surface area contributed by atoms with E-state index in [4.69, 9.17) is 0 Å². The highest BCUT2D eigenvalue weighted by Crippen LogP contribution is 2.29. The van der Waals surface area contributed by atoms with E-state index >= 15 is 0 Å². The normalized spacial score (nSPS) is 14.4. The summed E-state index contributed by atoms with van der Waals surface area (Å²) in [6, 6.07) is 1.87. The van der Waals surface area contributed by atoms with Crippen molar-refractivity contribution in [1.82, 2.24) is 4.31 Å². The molecule has 4 nitrogen and oxygen atoms in total. The fraction of sp³-hybridized carbons (Fsp3) is 0.611. The molecule has 0 spiro atoms. The van der Waals surface area contributed by atoms with Gasteiger partial charge in [-0.05, 0) is 55.9 Å². The molecule has 0 aliphatic carbocycles. The van der Waals surface area contributed by atoms with E-state index in [9.17, 15) is 13.2 Å². The van der Waals surface area contributed by atoms with Crippen molar-refractivity contribution in [3.05, 3.63) is 28.3 Å². The van der Waals surface area contributed by atoms with Crippen molar-refractivity contribution in [2.45, 2.75) is 59.8 Å². The van der Waals surface area contributed by atoms with Gasteiger partial charge < -0.3 is 0 Å². The number of rotatable bonds is 5. The van der Waals surface area contributed by atoms with Crippen LogP contribution in [-0.4, -0.2) is 25.7 Å². The van der Waals surface area contributed by atoms with Crippen molar-refractivity contribution in [3.8, 4) is 0 Å². The maximum Gasteiger partial charge on any atom is 0.266 e. The largest absolute Gasteiger partial charge is 0.273 e. The van der Waals surface area contributed by atoms with E-state index in [0.717, 1.165) is 27.4 Å². The molecule has 130 valence electrons. The van der Waals surface area contributed by atoms with Crippen molar-refractivity contribution in [3.63, 3.8) is 0 Å². The Hall–Kier alpha value is -1.36. The lowest BCUT2D eigenvalue weighted by Crippen LogP contribution is -2.39. The van der Waals surface area contributed by atoms with Crippen LogP contribution in [0, 0.1) is 39.5 Å². The molecule has 1 rings (SSSR count). The standard InChI is InChI=1S/C18H29NO3S/c1-9-11(2)15(6)18(20)19(8)23(21,22)17-13(4)10-12(3)14(5)16(17)7/h10-11,15H,9H2,1-8H3. The molecule has 23 heavy (non-hydrogen) atoms. The number of carbonyl (C=O) groups is 1. The molecule has 0 aromatic heterocycles.